The molecule has 0 amide bonds. The van der Waals surface area contributed by atoms with Crippen LogP contribution in [0.25, 0.3) is 0 Å². The first kappa shape index (κ1) is 18.1. The molecule has 0 aliphatic heterocycles. The first-order valence-electron chi connectivity index (χ1n) is 7.39. The van der Waals surface area contributed by atoms with Gasteiger partial charge in [0.05, 0.1) is 14.7 Å². The van der Waals surface area contributed by atoms with Crippen LogP contribution in [0.5, 0.6) is 17.2 Å². The van der Waals surface area contributed by atoms with E-state index >= 15 is 0 Å². The average molecular weight is 390 g/mol. The molecule has 0 aliphatic carbocycles. The zero-order valence-corrected chi connectivity index (χ0v) is 14.9. The highest BCUT2D eigenvalue weighted by Crippen LogP contribution is 2.27. The Morgan fingerprint density at radius 2 is 1.15 bits per heavy atom. The van der Waals surface area contributed by atoms with Gasteiger partial charge in [-0.15, -0.1) is 0 Å². The quantitative estimate of drug-likeness (QED) is 0.646. The summed E-state index contributed by atoms with van der Waals surface area (Å²) in [5.41, 5.74) is 0. The van der Waals surface area contributed by atoms with E-state index < -0.39 is 20.9 Å². The maximum Gasteiger partial charge on any atom is 0.206 e. The molecular formula is C18H14O6S2. The van der Waals surface area contributed by atoms with Gasteiger partial charge in [-0.05, 0) is 72.8 Å². The molecule has 0 aromatic heterocycles. The van der Waals surface area contributed by atoms with Gasteiger partial charge in [0.2, 0.25) is 9.84 Å². The third kappa shape index (κ3) is 3.93. The highest BCUT2D eigenvalue weighted by molar-refractivity contribution is 7.91. The van der Waals surface area contributed by atoms with Gasteiger partial charge in [-0.1, -0.05) is 0 Å². The molecule has 1 unspecified atom stereocenters. The molecule has 0 heterocycles. The van der Waals surface area contributed by atoms with Crippen LogP contribution in [0.4, 0.5) is 0 Å². The summed E-state index contributed by atoms with van der Waals surface area (Å²) < 4.78 is 50.6. The fourth-order valence-corrected chi connectivity index (χ4v) is 3.84. The lowest BCUT2D eigenvalue weighted by Gasteiger charge is -2.08. The monoisotopic (exact) mass is 390 g/mol. The molecule has 3 aromatic carbocycles. The second-order valence-electron chi connectivity index (χ2n) is 5.29. The second kappa shape index (κ2) is 7.28. The van der Waals surface area contributed by atoms with Crippen LogP contribution in [0.15, 0.2) is 87.5 Å². The van der Waals surface area contributed by atoms with Crippen LogP contribution in [0.1, 0.15) is 0 Å². The van der Waals surface area contributed by atoms with Crippen LogP contribution in [0.3, 0.4) is 0 Å². The molecular weight excluding hydrogens is 376 g/mol. The van der Waals surface area contributed by atoms with E-state index in [1.165, 1.54) is 60.7 Å². The summed E-state index contributed by atoms with van der Waals surface area (Å²) in [6, 6.07) is 17.2. The minimum atomic E-state index is -3.69. The Labute approximate surface area is 152 Å². The number of hydrogen-bond acceptors (Lipinski definition) is 5. The standard InChI is InChI=1S/C18H14O6S2/c19-13-1-9-17(10-2-13)26(22,23)18-11-5-15(6-12-18)24-14-3-7-16(8-4-14)25(20)21/h1-12,19H,(H,20,21). The molecule has 3 aromatic rings. The maximum absolute atomic E-state index is 12.5. The summed E-state index contributed by atoms with van der Waals surface area (Å²) in [6.45, 7) is 0. The zero-order valence-electron chi connectivity index (χ0n) is 13.3. The highest BCUT2D eigenvalue weighted by atomic mass is 32.2. The Morgan fingerprint density at radius 1 is 0.731 bits per heavy atom. The lowest BCUT2D eigenvalue weighted by Crippen LogP contribution is -2.01. The van der Waals surface area contributed by atoms with Gasteiger partial charge in [-0.25, -0.2) is 12.6 Å². The predicted octanol–water partition coefficient (Wildman–Crippen LogP) is 3.60. The van der Waals surface area contributed by atoms with Gasteiger partial charge < -0.3 is 14.4 Å². The van der Waals surface area contributed by atoms with Crippen molar-refractivity contribution in [2.24, 2.45) is 0 Å². The molecule has 0 bridgehead atoms. The second-order valence-corrected chi connectivity index (χ2v) is 8.21. The van der Waals surface area contributed by atoms with Crippen LogP contribution in [-0.2, 0) is 20.9 Å². The van der Waals surface area contributed by atoms with Crippen molar-refractivity contribution in [1.29, 1.82) is 0 Å². The number of phenols is 1. The number of aromatic hydroxyl groups is 1. The predicted molar refractivity (Wildman–Crippen MR) is 95.6 cm³/mol. The number of hydrogen-bond donors (Lipinski definition) is 2. The fourth-order valence-electron chi connectivity index (χ4n) is 2.21. The molecule has 26 heavy (non-hydrogen) atoms. The zero-order chi connectivity index (χ0) is 18.7. The molecule has 0 spiro atoms. The number of benzene rings is 3. The first-order valence-corrected chi connectivity index (χ1v) is 9.98. The Morgan fingerprint density at radius 3 is 1.62 bits per heavy atom. The van der Waals surface area contributed by atoms with Crippen molar-refractivity contribution in [2.45, 2.75) is 14.7 Å². The Hall–Kier alpha value is -2.68. The summed E-state index contributed by atoms with van der Waals surface area (Å²) in [4.78, 5) is 0.436. The molecule has 0 saturated heterocycles. The van der Waals surface area contributed by atoms with Crippen LogP contribution < -0.4 is 4.74 Å². The minimum absolute atomic E-state index is 0.0104. The van der Waals surface area contributed by atoms with E-state index in [0.29, 0.717) is 11.5 Å². The summed E-state index contributed by atoms with van der Waals surface area (Å²) >= 11 is -2.05. The van der Waals surface area contributed by atoms with E-state index in [1.807, 2.05) is 0 Å². The number of rotatable bonds is 5. The third-order valence-electron chi connectivity index (χ3n) is 3.54. The van der Waals surface area contributed by atoms with E-state index in [9.17, 15) is 17.7 Å². The van der Waals surface area contributed by atoms with Crippen molar-refractivity contribution in [2.75, 3.05) is 0 Å². The Balaban J connectivity index is 1.79. The summed E-state index contributed by atoms with van der Waals surface area (Å²) in [5, 5.41) is 9.27. The maximum atomic E-state index is 12.5. The van der Waals surface area contributed by atoms with Gasteiger partial charge in [0.15, 0.2) is 11.1 Å². The van der Waals surface area contributed by atoms with Crippen LogP contribution in [0.2, 0.25) is 0 Å². The van der Waals surface area contributed by atoms with Crippen molar-refractivity contribution in [3.05, 3.63) is 72.8 Å². The first-order chi connectivity index (χ1) is 12.4. The molecule has 1 atom stereocenters. The van der Waals surface area contributed by atoms with Crippen molar-refractivity contribution in [1.82, 2.24) is 0 Å². The van der Waals surface area contributed by atoms with Crippen LogP contribution in [-0.4, -0.2) is 22.3 Å². The Kier molecular flexibility index (Phi) is 5.08. The van der Waals surface area contributed by atoms with Gasteiger partial charge >= 0.3 is 0 Å². The van der Waals surface area contributed by atoms with Gasteiger partial charge in [0, 0.05) is 0 Å². The fraction of sp³-hybridized carbons (Fsp3) is 0. The van der Waals surface area contributed by atoms with Crippen molar-refractivity contribution < 1.29 is 27.0 Å². The summed E-state index contributed by atoms with van der Waals surface area (Å²) in [6.07, 6.45) is 0. The van der Waals surface area contributed by atoms with Crippen LogP contribution in [0, 0.1) is 0 Å². The lowest BCUT2D eigenvalue weighted by molar-refractivity contribution is 0.474. The largest absolute Gasteiger partial charge is 0.508 e. The van der Waals surface area contributed by atoms with Crippen molar-refractivity contribution in [3.8, 4) is 17.2 Å². The molecule has 2 N–H and O–H groups in total. The molecule has 0 saturated carbocycles. The van der Waals surface area contributed by atoms with Crippen LogP contribution >= 0.6 is 0 Å². The van der Waals surface area contributed by atoms with Gasteiger partial charge in [0.25, 0.3) is 0 Å². The SMILES string of the molecule is O=S(O)c1ccc(Oc2ccc(S(=O)(=O)c3ccc(O)cc3)cc2)cc1. The van der Waals surface area contributed by atoms with E-state index in [0.717, 1.165) is 0 Å². The number of ether oxygens (including phenoxy) is 1. The third-order valence-corrected chi connectivity index (χ3v) is 6.00. The molecule has 3 rings (SSSR count). The normalized spacial score (nSPS) is 12.5. The Bertz CT molecular complexity index is 1020. The molecule has 6 nitrogen and oxygen atoms in total. The summed E-state index contributed by atoms with van der Waals surface area (Å²) in [5.74, 6) is 0.865. The van der Waals surface area contributed by atoms with Gasteiger partial charge in [0.1, 0.15) is 17.2 Å². The summed E-state index contributed by atoms with van der Waals surface area (Å²) in [7, 11) is -3.69. The van der Waals surface area contributed by atoms with Crippen molar-refractivity contribution >= 4 is 20.9 Å². The molecule has 8 heteroatoms. The van der Waals surface area contributed by atoms with E-state index in [-0.39, 0.29) is 20.4 Å². The number of phenolic OH excluding ortho intramolecular Hbond substituents is 1. The average Bonchev–Trinajstić information content (AvgIpc) is 2.63. The van der Waals surface area contributed by atoms with Gasteiger partial charge in [-0.3, -0.25) is 0 Å². The lowest BCUT2D eigenvalue weighted by atomic mass is 10.3. The molecule has 0 aliphatic rings. The number of sulfone groups is 1. The minimum Gasteiger partial charge on any atom is -0.508 e. The topological polar surface area (TPSA) is 101 Å². The molecule has 0 radical (unpaired) electrons. The van der Waals surface area contributed by atoms with E-state index in [2.05, 4.69) is 0 Å². The van der Waals surface area contributed by atoms with E-state index in [1.54, 1.807) is 12.1 Å². The van der Waals surface area contributed by atoms with E-state index in [4.69, 9.17) is 9.29 Å². The highest BCUT2D eigenvalue weighted by Gasteiger charge is 2.17. The molecule has 0 fully saturated rings. The van der Waals surface area contributed by atoms with Crippen molar-refractivity contribution in [3.63, 3.8) is 0 Å². The smallest absolute Gasteiger partial charge is 0.206 e. The molecule has 134 valence electrons. The van der Waals surface area contributed by atoms with Gasteiger partial charge in [-0.2, -0.15) is 0 Å².